The third-order valence-corrected chi connectivity index (χ3v) is 4.87. The lowest BCUT2D eigenvalue weighted by atomic mass is 9.90. The van der Waals surface area contributed by atoms with Gasteiger partial charge < -0.3 is 20.1 Å². The van der Waals surface area contributed by atoms with Crippen molar-refractivity contribution in [2.75, 3.05) is 25.0 Å². The molecule has 0 bridgehead atoms. The SMILES string of the molecule is CC1(C(=O)O)CCN(C(=O)c2cc3c(cc2Br)NC(=O)CO3)C1. The third-order valence-electron chi connectivity index (χ3n) is 4.21. The maximum Gasteiger partial charge on any atom is 0.311 e. The second-order valence-corrected chi connectivity index (χ2v) is 6.86. The first-order valence-corrected chi connectivity index (χ1v) is 7.88. The first kappa shape index (κ1) is 15.8. The van der Waals surface area contributed by atoms with Crippen LogP contribution in [-0.4, -0.2) is 47.5 Å². The molecule has 1 fully saturated rings. The number of carbonyl (C=O) groups is 3. The monoisotopic (exact) mass is 382 g/mol. The lowest BCUT2D eigenvalue weighted by Gasteiger charge is -2.23. The number of carbonyl (C=O) groups excluding carboxylic acids is 2. The van der Waals surface area contributed by atoms with Gasteiger partial charge in [0, 0.05) is 17.6 Å². The summed E-state index contributed by atoms with van der Waals surface area (Å²) in [6.07, 6.45) is 0.420. The predicted molar refractivity (Wildman–Crippen MR) is 84.5 cm³/mol. The molecule has 1 unspecified atom stereocenters. The Balaban J connectivity index is 1.86. The van der Waals surface area contributed by atoms with E-state index in [1.54, 1.807) is 19.1 Å². The van der Waals surface area contributed by atoms with Gasteiger partial charge in [0.1, 0.15) is 5.75 Å². The highest BCUT2D eigenvalue weighted by Gasteiger charge is 2.42. The van der Waals surface area contributed by atoms with Crippen molar-refractivity contribution < 1.29 is 24.2 Å². The van der Waals surface area contributed by atoms with E-state index < -0.39 is 11.4 Å². The van der Waals surface area contributed by atoms with Crippen LogP contribution in [0.1, 0.15) is 23.7 Å². The maximum atomic E-state index is 12.7. The highest BCUT2D eigenvalue weighted by atomic mass is 79.9. The summed E-state index contributed by atoms with van der Waals surface area (Å²) in [4.78, 5) is 36.8. The number of fused-ring (bicyclic) bond motifs is 1. The third kappa shape index (κ3) is 2.78. The number of hydrogen-bond donors (Lipinski definition) is 2. The van der Waals surface area contributed by atoms with Crippen LogP contribution < -0.4 is 10.1 Å². The number of aliphatic carboxylic acids is 1. The van der Waals surface area contributed by atoms with Gasteiger partial charge in [0.2, 0.25) is 0 Å². The van der Waals surface area contributed by atoms with E-state index in [0.717, 1.165) is 0 Å². The van der Waals surface area contributed by atoms with Crippen LogP contribution in [0.5, 0.6) is 5.75 Å². The summed E-state index contributed by atoms with van der Waals surface area (Å²) in [7, 11) is 0. The molecule has 0 saturated carbocycles. The topological polar surface area (TPSA) is 95.9 Å². The molecule has 23 heavy (non-hydrogen) atoms. The van der Waals surface area contributed by atoms with Gasteiger partial charge in [-0.1, -0.05) is 0 Å². The number of anilines is 1. The Labute approximate surface area is 140 Å². The lowest BCUT2D eigenvalue weighted by molar-refractivity contribution is -0.147. The fraction of sp³-hybridized carbons (Fsp3) is 0.400. The Morgan fingerprint density at radius 2 is 2.17 bits per heavy atom. The number of carboxylic acids is 1. The number of likely N-dealkylation sites (tertiary alicyclic amines) is 1. The quantitative estimate of drug-likeness (QED) is 0.811. The molecule has 2 heterocycles. The van der Waals surface area contributed by atoms with Crippen molar-refractivity contribution in [3.63, 3.8) is 0 Å². The highest BCUT2D eigenvalue weighted by molar-refractivity contribution is 9.10. The van der Waals surface area contributed by atoms with Crippen LogP contribution >= 0.6 is 15.9 Å². The average Bonchev–Trinajstić information content (AvgIpc) is 2.90. The Bertz CT molecular complexity index is 720. The maximum absolute atomic E-state index is 12.7. The number of benzene rings is 1. The summed E-state index contributed by atoms with van der Waals surface area (Å²) in [6.45, 7) is 2.11. The van der Waals surface area contributed by atoms with Gasteiger partial charge in [-0.3, -0.25) is 14.4 Å². The van der Waals surface area contributed by atoms with Crippen LogP contribution in [0.2, 0.25) is 0 Å². The molecule has 2 N–H and O–H groups in total. The van der Waals surface area contributed by atoms with Gasteiger partial charge in [-0.15, -0.1) is 0 Å². The van der Waals surface area contributed by atoms with Crippen molar-refractivity contribution in [3.05, 3.63) is 22.2 Å². The van der Waals surface area contributed by atoms with Gasteiger partial charge in [-0.2, -0.15) is 0 Å². The molecule has 1 aromatic carbocycles. The van der Waals surface area contributed by atoms with Crippen LogP contribution in [0.4, 0.5) is 5.69 Å². The van der Waals surface area contributed by atoms with Crippen LogP contribution in [0.3, 0.4) is 0 Å². The van der Waals surface area contributed by atoms with Crippen LogP contribution in [0, 0.1) is 5.41 Å². The van der Waals surface area contributed by atoms with E-state index in [1.807, 2.05) is 0 Å². The molecule has 7 nitrogen and oxygen atoms in total. The van der Waals surface area contributed by atoms with Gasteiger partial charge in [0.25, 0.3) is 11.8 Å². The molecule has 0 aromatic heterocycles. The molecule has 1 aromatic rings. The zero-order chi connectivity index (χ0) is 16.8. The van der Waals surface area contributed by atoms with Gasteiger partial charge in [0.05, 0.1) is 16.7 Å². The van der Waals surface area contributed by atoms with E-state index in [1.165, 1.54) is 4.90 Å². The zero-order valence-corrected chi connectivity index (χ0v) is 14.0. The second kappa shape index (κ2) is 5.52. The molecule has 8 heteroatoms. The molecule has 0 spiro atoms. The fourth-order valence-electron chi connectivity index (χ4n) is 2.74. The molecule has 1 atom stereocenters. The Hall–Kier alpha value is -2.09. The van der Waals surface area contributed by atoms with E-state index in [-0.39, 0.29) is 25.0 Å². The van der Waals surface area contributed by atoms with Crippen molar-refractivity contribution in [1.82, 2.24) is 4.90 Å². The summed E-state index contributed by atoms with van der Waals surface area (Å²) < 4.78 is 5.85. The molecular formula is C15H15BrN2O5. The summed E-state index contributed by atoms with van der Waals surface area (Å²) in [5.41, 5.74) is -0.0307. The first-order chi connectivity index (χ1) is 10.8. The highest BCUT2D eigenvalue weighted by Crippen LogP contribution is 2.36. The van der Waals surface area contributed by atoms with Crippen molar-refractivity contribution in [1.29, 1.82) is 0 Å². The fourth-order valence-corrected chi connectivity index (χ4v) is 3.26. The van der Waals surface area contributed by atoms with Crippen LogP contribution in [0.15, 0.2) is 16.6 Å². The summed E-state index contributed by atoms with van der Waals surface area (Å²) in [5.74, 6) is -0.981. The molecule has 2 aliphatic rings. The standard InChI is InChI=1S/C15H15BrN2O5/c1-15(14(21)22)2-3-18(7-15)13(20)8-4-11-10(5-9(8)16)17-12(19)6-23-11/h4-5H,2-3,6-7H2,1H3,(H,17,19)(H,21,22). The number of rotatable bonds is 2. The van der Waals surface area contributed by atoms with E-state index in [4.69, 9.17) is 4.74 Å². The second-order valence-electron chi connectivity index (χ2n) is 6.01. The minimum atomic E-state index is -0.916. The van der Waals surface area contributed by atoms with Crippen LogP contribution in [-0.2, 0) is 9.59 Å². The Morgan fingerprint density at radius 3 is 2.83 bits per heavy atom. The summed E-state index contributed by atoms with van der Waals surface area (Å²) in [6, 6.07) is 3.18. The molecular weight excluding hydrogens is 368 g/mol. The molecule has 2 amide bonds. The molecule has 0 aliphatic carbocycles. The van der Waals surface area contributed by atoms with Crippen molar-refractivity contribution in [2.24, 2.45) is 5.41 Å². The smallest absolute Gasteiger partial charge is 0.311 e. The van der Waals surface area contributed by atoms with Gasteiger partial charge in [-0.05, 0) is 41.4 Å². The predicted octanol–water partition coefficient (Wildman–Crippen LogP) is 1.72. The summed E-state index contributed by atoms with van der Waals surface area (Å²) >= 11 is 3.33. The number of nitrogens with one attached hydrogen (secondary N) is 1. The minimum absolute atomic E-state index is 0.0942. The normalized spacial score (nSPS) is 23.0. The van der Waals surface area contributed by atoms with Gasteiger partial charge in [-0.25, -0.2) is 0 Å². The van der Waals surface area contributed by atoms with E-state index in [2.05, 4.69) is 21.2 Å². The van der Waals surface area contributed by atoms with E-state index in [9.17, 15) is 19.5 Å². The molecule has 0 radical (unpaired) electrons. The number of hydrogen-bond acceptors (Lipinski definition) is 4. The molecule has 2 aliphatic heterocycles. The van der Waals surface area contributed by atoms with E-state index in [0.29, 0.717) is 34.4 Å². The molecule has 1 saturated heterocycles. The average molecular weight is 383 g/mol. The van der Waals surface area contributed by atoms with Gasteiger partial charge in [0.15, 0.2) is 6.61 Å². The number of ether oxygens (including phenoxy) is 1. The lowest BCUT2D eigenvalue weighted by Crippen LogP contribution is -2.35. The number of nitrogens with zero attached hydrogens (tertiary/aromatic N) is 1. The van der Waals surface area contributed by atoms with Gasteiger partial charge >= 0.3 is 5.97 Å². The van der Waals surface area contributed by atoms with Crippen molar-refractivity contribution in [3.8, 4) is 5.75 Å². The molecule has 122 valence electrons. The zero-order valence-electron chi connectivity index (χ0n) is 12.4. The number of halogens is 1. The van der Waals surface area contributed by atoms with Crippen molar-refractivity contribution in [2.45, 2.75) is 13.3 Å². The largest absolute Gasteiger partial charge is 0.482 e. The van der Waals surface area contributed by atoms with Crippen molar-refractivity contribution >= 4 is 39.4 Å². The molecule has 3 rings (SSSR count). The first-order valence-electron chi connectivity index (χ1n) is 7.09. The summed E-state index contributed by atoms with van der Waals surface area (Å²) in [5, 5.41) is 11.9. The minimum Gasteiger partial charge on any atom is -0.482 e. The number of carboxylic acid groups (broad SMARTS) is 1. The van der Waals surface area contributed by atoms with E-state index >= 15 is 0 Å². The Morgan fingerprint density at radius 1 is 1.43 bits per heavy atom. The Kier molecular flexibility index (Phi) is 3.79. The van der Waals surface area contributed by atoms with Crippen LogP contribution in [0.25, 0.3) is 0 Å². The number of amides is 2.